The van der Waals surface area contributed by atoms with Gasteiger partial charge in [-0.05, 0) is 37.8 Å². The van der Waals surface area contributed by atoms with E-state index in [0.717, 1.165) is 41.0 Å². The van der Waals surface area contributed by atoms with Crippen LogP contribution in [0.2, 0.25) is 0 Å². The molecule has 2 aromatic rings. The first-order valence-corrected chi connectivity index (χ1v) is 11.7. The van der Waals surface area contributed by atoms with Crippen LogP contribution in [0.15, 0.2) is 36.4 Å². The van der Waals surface area contributed by atoms with Crippen molar-refractivity contribution in [1.29, 1.82) is 5.41 Å². The number of ether oxygens (including phenoxy) is 1. The fraction of sp³-hybridized carbons (Fsp3) is 0.577. The minimum atomic E-state index is 0. The quantitative estimate of drug-likeness (QED) is 0.269. The number of unbranched alkanes of at least 4 members (excludes halogenated alkanes) is 8. The highest BCUT2D eigenvalue weighted by Crippen LogP contribution is 2.28. The van der Waals surface area contributed by atoms with Crippen LogP contribution in [0.1, 0.15) is 83.6 Å². The first-order valence-electron chi connectivity index (χ1n) is 11.7. The van der Waals surface area contributed by atoms with Gasteiger partial charge < -0.3 is 17.1 Å². The normalized spacial score (nSPS) is 10.9. The number of rotatable bonds is 14. The number of fused-ring (bicyclic) bond motifs is 1. The molecule has 0 spiro atoms. The van der Waals surface area contributed by atoms with Crippen molar-refractivity contribution in [3.8, 4) is 5.75 Å². The zero-order chi connectivity index (χ0) is 20.9. The van der Waals surface area contributed by atoms with E-state index in [2.05, 4.69) is 38.1 Å². The summed E-state index contributed by atoms with van der Waals surface area (Å²) < 4.78 is 5.55. The van der Waals surface area contributed by atoms with E-state index in [0.29, 0.717) is 0 Å². The van der Waals surface area contributed by atoms with Crippen LogP contribution in [0.4, 0.5) is 0 Å². The standard InChI is InChI=1S/C26H40N2O.ClH/c1-4-6-8-10-14-20-28(21-15-11-9-7-5-2)26(27)24-18-19-25(29-3)23-17-13-12-16-22(23)24;/h12-13,16-19,27H,4-11,14-15,20-21H2,1-3H3;1H. The maximum atomic E-state index is 9.05. The molecule has 2 aromatic carbocycles. The van der Waals surface area contributed by atoms with Gasteiger partial charge in [0.25, 0.3) is 0 Å². The third-order valence-electron chi connectivity index (χ3n) is 5.89. The molecule has 4 heteroatoms. The molecule has 0 saturated heterocycles. The molecule has 2 N–H and O–H groups in total. The Balaban J connectivity index is 0.00000450. The van der Waals surface area contributed by atoms with E-state index in [9.17, 15) is 0 Å². The van der Waals surface area contributed by atoms with Crippen LogP contribution < -0.4 is 22.0 Å². The predicted molar refractivity (Wildman–Crippen MR) is 126 cm³/mol. The van der Waals surface area contributed by atoms with E-state index in [-0.39, 0.29) is 12.4 Å². The Kier molecular flexibility index (Phi) is 13.5. The highest BCUT2D eigenvalue weighted by Gasteiger charge is 2.20. The number of nitrogens with one attached hydrogen (secondary N) is 2. The topological polar surface area (TPSA) is 37.5 Å². The van der Waals surface area contributed by atoms with Crippen LogP contribution in [0.25, 0.3) is 10.8 Å². The lowest BCUT2D eigenvalue weighted by molar-refractivity contribution is -0.806. The molecule has 0 radical (unpaired) electrons. The van der Waals surface area contributed by atoms with Gasteiger partial charge in [-0.3, -0.25) is 10.3 Å². The minimum absolute atomic E-state index is 0. The molecule has 0 amide bonds. The first kappa shape index (κ1) is 26.5. The third kappa shape index (κ3) is 7.92. The summed E-state index contributed by atoms with van der Waals surface area (Å²) >= 11 is 0. The molecule has 0 fully saturated rings. The van der Waals surface area contributed by atoms with E-state index >= 15 is 0 Å². The van der Waals surface area contributed by atoms with Crippen molar-refractivity contribution >= 4 is 16.6 Å². The minimum Gasteiger partial charge on any atom is -1.00 e. The number of methoxy groups -OCH3 is 1. The van der Waals surface area contributed by atoms with Crippen molar-refractivity contribution in [2.75, 3.05) is 20.2 Å². The largest absolute Gasteiger partial charge is 1.00 e. The molecule has 168 valence electrons. The Labute approximate surface area is 190 Å². The van der Waals surface area contributed by atoms with Crippen LogP contribution in [0.3, 0.4) is 0 Å². The molecule has 30 heavy (non-hydrogen) atoms. The fourth-order valence-electron chi connectivity index (χ4n) is 4.12. The summed E-state index contributed by atoms with van der Waals surface area (Å²) in [6.07, 6.45) is 12.8. The monoisotopic (exact) mass is 432 g/mol. The van der Waals surface area contributed by atoms with E-state index in [1.165, 1.54) is 69.1 Å². The highest BCUT2D eigenvalue weighted by atomic mass is 35.5. The van der Waals surface area contributed by atoms with Crippen LogP contribution in [0.5, 0.6) is 5.75 Å². The Morgan fingerprint density at radius 1 is 0.767 bits per heavy atom. The second-order valence-electron chi connectivity index (χ2n) is 8.17. The van der Waals surface area contributed by atoms with Gasteiger partial charge in [-0.15, -0.1) is 0 Å². The predicted octanol–water partition coefficient (Wildman–Crippen LogP) is 3.00. The van der Waals surface area contributed by atoms with Gasteiger partial charge in [-0.25, -0.2) is 0 Å². The molecule has 0 aromatic heterocycles. The lowest BCUT2D eigenvalue weighted by Gasteiger charge is -2.21. The molecule has 0 atom stereocenters. The van der Waals surface area contributed by atoms with Gasteiger partial charge >= 0.3 is 0 Å². The van der Waals surface area contributed by atoms with Crippen molar-refractivity contribution in [2.24, 2.45) is 0 Å². The van der Waals surface area contributed by atoms with Crippen LogP contribution >= 0.6 is 0 Å². The van der Waals surface area contributed by atoms with Gasteiger partial charge in [0.15, 0.2) is 0 Å². The van der Waals surface area contributed by atoms with Gasteiger partial charge in [0.1, 0.15) is 5.75 Å². The van der Waals surface area contributed by atoms with Crippen molar-refractivity contribution in [1.82, 2.24) is 0 Å². The first-order chi connectivity index (χ1) is 14.2. The number of hydrogen-bond acceptors (Lipinski definition) is 2. The Hall–Kier alpha value is -1.58. The molecule has 0 bridgehead atoms. The van der Waals surface area contributed by atoms with Crippen LogP contribution in [-0.2, 0) is 0 Å². The Bertz CT molecular complexity index is 733. The second-order valence-corrected chi connectivity index (χ2v) is 8.17. The van der Waals surface area contributed by atoms with Gasteiger partial charge in [-0.1, -0.05) is 76.6 Å². The van der Waals surface area contributed by atoms with E-state index in [4.69, 9.17) is 10.1 Å². The highest BCUT2D eigenvalue weighted by molar-refractivity contribution is 6.06. The van der Waals surface area contributed by atoms with Crippen molar-refractivity contribution in [2.45, 2.75) is 78.1 Å². The van der Waals surface area contributed by atoms with E-state index in [1.807, 2.05) is 12.1 Å². The van der Waals surface area contributed by atoms with Gasteiger partial charge in [0, 0.05) is 10.8 Å². The summed E-state index contributed by atoms with van der Waals surface area (Å²) in [7, 11) is 1.72. The summed E-state index contributed by atoms with van der Waals surface area (Å²) in [4.78, 5) is 1.34. The molecule has 0 unspecified atom stereocenters. The van der Waals surface area contributed by atoms with Gasteiger partial charge in [0.05, 0.1) is 25.8 Å². The molecular weight excluding hydrogens is 392 g/mol. The maximum Gasteiger partial charge on any atom is 0.226 e. The summed E-state index contributed by atoms with van der Waals surface area (Å²) in [5.41, 5.74) is 1.05. The summed E-state index contributed by atoms with van der Waals surface area (Å²) in [6.45, 7) is 6.66. The fourth-order valence-corrected chi connectivity index (χ4v) is 4.12. The SMILES string of the molecule is CCCCCCC[NH+](CCCCCCC)C(=N)c1ccc(OC)c2ccccc12.[Cl-]. The number of amidine groups is 1. The Morgan fingerprint density at radius 3 is 1.83 bits per heavy atom. The molecule has 0 heterocycles. The molecule has 3 nitrogen and oxygen atoms in total. The average Bonchev–Trinajstić information content (AvgIpc) is 2.76. The molecule has 0 aliphatic rings. The zero-order valence-corrected chi connectivity index (χ0v) is 20.0. The van der Waals surface area contributed by atoms with Crippen molar-refractivity contribution < 1.29 is 22.0 Å². The number of halogens is 1. The number of quaternary nitrogens is 1. The molecule has 0 saturated carbocycles. The number of benzene rings is 2. The maximum absolute atomic E-state index is 9.05. The second kappa shape index (κ2) is 15.3. The van der Waals surface area contributed by atoms with Crippen molar-refractivity contribution in [3.63, 3.8) is 0 Å². The molecule has 2 rings (SSSR count). The Morgan fingerprint density at radius 2 is 1.30 bits per heavy atom. The molecule has 0 aliphatic heterocycles. The number of hydrogen-bond donors (Lipinski definition) is 2. The van der Waals surface area contributed by atoms with Crippen LogP contribution in [0, 0.1) is 5.41 Å². The molecular formula is C26H41ClN2O. The third-order valence-corrected chi connectivity index (χ3v) is 5.89. The zero-order valence-electron chi connectivity index (χ0n) is 19.2. The molecule has 0 aliphatic carbocycles. The lowest BCUT2D eigenvalue weighted by Crippen LogP contribution is -3.14. The van der Waals surface area contributed by atoms with Gasteiger partial charge in [-0.2, -0.15) is 0 Å². The lowest BCUT2D eigenvalue weighted by atomic mass is 10.0. The van der Waals surface area contributed by atoms with E-state index < -0.39 is 0 Å². The summed E-state index contributed by atoms with van der Waals surface area (Å²) in [5.74, 6) is 1.63. The summed E-state index contributed by atoms with van der Waals surface area (Å²) in [6, 6.07) is 12.4. The average molecular weight is 433 g/mol. The smallest absolute Gasteiger partial charge is 0.226 e. The van der Waals surface area contributed by atoms with Gasteiger partial charge in [0.2, 0.25) is 5.84 Å². The summed E-state index contributed by atoms with van der Waals surface area (Å²) in [5, 5.41) is 11.3. The van der Waals surface area contributed by atoms with Crippen LogP contribution in [-0.4, -0.2) is 26.0 Å². The van der Waals surface area contributed by atoms with Crippen molar-refractivity contribution in [3.05, 3.63) is 42.0 Å². The van der Waals surface area contributed by atoms with E-state index in [1.54, 1.807) is 7.11 Å².